The van der Waals surface area contributed by atoms with Crippen LogP contribution in [0, 0.1) is 5.82 Å². The van der Waals surface area contributed by atoms with Crippen molar-refractivity contribution in [3.63, 3.8) is 0 Å². The summed E-state index contributed by atoms with van der Waals surface area (Å²) < 4.78 is 21.6. The molecule has 6 rings (SSSR count). The van der Waals surface area contributed by atoms with E-state index in [1.54, 1.807) is 4.57 Å². The minimum Gasteiger partial charge on any atom is -0.337 e. The SMILES string of the molecule is O=C(Cn1c2ccccc2c2ncn(Cc3nc(-c4ccccc4)no3)c(=O)c21)Nc1ccc(F)cc1. The first kappa shape index (κ1) is 22.4. The Balaban J connectivity index is 1.37. The summed E-state index contributed by atoms with van der Waals surface area (Å²) in [6, 6.07) is 22.2. The topological polar surface area (TPSA) is 108 Å². The number of nitrogens with zero attached hydrogens (tertiary/aromatic N) is 5. The lowest BCUT2D eigenvalue weighted by molar-refractivity contribution is -0.116. The minimum absolute atomic E-state index is 0.0188. The first-order valence-electron chi connectivity index (χ1n) is 11.5. The molecule has 3 aromatic heterocycles. The number of fused-ring (bicyclic) bond motifs is 3. The molecule has 9 nitrogen and oxygen atoms in total. The number of anilines is 1. The number of carbonyl (C=O) groups is 1. The summed E-state index contributed by atoms with van der Waals surface area (Å²) in [5, 5.41) is 7.50. The number of rotatable bonds is 6. The van der Waals surface area contributed by atoms with Gasteiger partial charge in [-0.05, 0) is 30.3 Å². The number of halogens is 1. The van der Waals surface area contributed by atoms with E-state index < -0.39 is 5.82 Å². The summed E-state index contributed by atoms with van der Waals surface area (Å²) in [6.07, 6.45) is 1.44. The van der Waals surface area contributed by atoms with Crippen molar-refractivity contribution in [3.05, 3.63) is 107 Å². The van der Waals surface area contributed by atoms with Crippen LogP contribution >= 0.6 is 0 Å². The molecule has 37 heavy (non-hydrogen) atoms. The van der Waals surface area contributed by atoms with Gasteiger partial charge in [0.05, 0.1) is 11.8 Å². The van der Waals surface area contributed by atoms with E-state index in [0.29, 0.717) is 22.5 Å². The van der Waals surface area contributed by atoms with Crippen LogP contribution in [-0.4, -0.2) is 30.2 Å². The van der Waals surface area contributed by atoms with E-state index in [9.17, 15) is 14.0 Å². The van der Waals surface area contributed by atoms with Crippen LogP contribution in [0.5, 0.6) is 0 Å². The fourth-order valence-corrected chi connectivity index (χ4v) is 4.27. The van der Waals surface area contributed by atoms with Crippen LogP contribution in [0.25, 0.3) is 33.3 Å². The maximum absolute atomic E-state index is 13.6. The first-order valence-corrected chi connectivity index (χ1v) is 11.5. The molecule has 1 amide bonds. The molecule has 182 valence electrons. The Morgan fingerprint density at radius 1 is 0.973 bits per heavy atom. The van der Waals surface area contributed by atoms with Crippen molar-refractivity contribution < 1.29 is 13.7 Å². The Labute approximate surface area is 208 Å². The van der Waals surface area contributed by atoms with Gasteiger partial charge < -0.3 is 14.4 Å². The lowest BCUT2D eigenvalue weighted by Gasteiger charge is -2.09. The number of hydrogen-bond donors (Lipinski definition) is 1. The second-order valence-corrected chi connectivity index (χ2v) is 8.41. The van der Waals surface area contributed by atoms with Crippen molar-refractivity contribution in [2.24, 2.45) is 0 Å². The van der Waals surface area contributed by atoms with Crippen molar-refractivity contribution in [2.45, 2.75) is 13.1 Å². The molecule has 1 N–H and O–H groups in total. The molecule has 0 spiro atoms. The van der Waals surface area contributed by atoms with Crippen LogP contribution in [0.4, 0.5) is 10.1 Å². The van der Waals surface area contributed by atoms with Gasteiger partial charge in [0.2, 0.25) is 17.6 Å². The number of aromatic nitrogens is 5. The fraction of sp³-hybridized carbons (Fsp3) is 0.0741. The second-order valence-electron chi connectivity index (χ2n) is 8.41. The third-order valence-electron chi connectivity index (χ3n) is 5.97. The van der Waals surface area contributed by atoms with Gasteiger partial charge in [-0.15, -0.1) is 0 Å². The smallest absolute Gasteiger partial charge is 0.278 e. The van der Waals surface area contributed by atoms with Crippen molar-refractivity contribution in [3.8, 4) is 11.4 Å². The standard InChI is InChI=1S/C27H19FN6O3/c28-18-10-12-19(13-11-18)30-22(35)14-34-21-9-5-4-8-20(21)24-25(34)27(36)33(16-29-24)15-23-31-26(32-37-23)17-6-2-1-3-7-17/h1-13,16H,14-15H2,(H,30,35). The predicted molar refractivity (Wildman–Crippen MR) is 135 cm³/mol. The van der Waals surface area contributed by atoms with E-state index in [-0.39, 0.29) is 36.0 Å². The van der Waals surface area contributed by atoms with Crippen molar-refractivity contribution in [1.82, 2.24) is 24.3 Å². The lowest BCUT2D eigenvalue weighted by atomic mass is 10.2. The Hall–Kier alpha value is -5.12. The van der Waals surface area contributed by atoms with Crippen LogP contribution in [-0.2, 0) is 17.9 Å². The molecule has 0 aliphatic heterocycles. The quantitative estimate of drug-likeness (QED) is 0.371. The maximum Gasteiger partial charge on any atom is 0.278 e. The molecule has 0 bridgehead atoms. The van der Waals surface area contributed by atoms with E-state index in [2.05, 4.69) is 20.4 Å². The van der Waals surface area contributed by atoms with E-state index >= 15 is 0 Å². The van der Waals surface area contributed by atoms with Crippen LogP contribution in [0.3, 0.4) is 0 Å². The molecule has 0 aliphatic carbocycles. The molecular weight excluding hydrogens is 475 g/mol. The maximum atomic E-state index is 13.6. The van der Waals surface area contributed by atoms with Gasteiger partial charge in [-0.1, -0.05) is 53.7 Å². The summed E-state index contributed by atoms with van der Waals surface area (Å²) in [6.45, 7) is -0.119. The Kier molecular flexibility index (Phi) is 5.53. The predicted octanol–water partition coefficient (Wildman–Crippen LogP) is 4.23. The zero-order valence-corrected chi connectivity index (χ0v) is 19.3. The van der Waals surface area contributed by atoms with E-state index in [1.807, 2.05) is 54.6 Å². The molecule has 0 fully saturated rings. The van der Waals surface area contributed by atoms with Crippen molar-refractivity contribution in [1.29, 1.82) is 0 Å². The van der Waals surface area contributed by atoms with Gasteiger partial charge in [0.15, 0.2) is 0 Å². The molecule has 10 heteroatoms. The number of carbonyl (C=O) groups excluding carboxylic acids is 1. The number of nitrogens with one attached hydrogen (secondary N) is 1. The van der Waals surface area contributed by atoms with Crippen molar-refractivity contribution >= 4 is 33.5 Å². The Morgan fingerprint density at radius 3 is 2.54 bits per heavy atom. The van der Waals surface area contributed by atoms with Gasteiger partial charge in [-0.3, -0.25) is 14.2 Å². The zero-order valence-electron chi connectivity index (χ0n) is 19.3. The highest BCUT2D eigenvalue weighted by Gasteiger charge is 2.19. The van der Waals surface area contributed by atoms with Crippen LogP contribution in [0.1, 0.15) is 5.89 Å². The van der Waals surface area contributed by atoms with Crippen LogP contribution in [0.2, 0.25) is 0 Å². The molecular formula is C27H19FN6O3. The number of para-hydroxylation sites is 1. The summed E-state index contributed by atoms with van der Waals surface area (Å²) >= 11 is 0. The molecule has 0 atom stereocenters. The number of benzene rings is 3. The third-order valence-corrected chi connectivity index (χ3v) is 5.97. The molecule has 3 aromatic carbocycles. The Bertz CT molecular complexity index is 1810. The molecule has 0 unspecified atom stereocenters. The highest BCUT2D eigenvalue weighted by Crippen LogP contribution is 2.25. The molecule has 6 aromatic rings. The van der Waals surface area contributed by atoms with E-state index in [0.717, 1.165) is 10.9 Å². The van der Waals surface area contributed by atoms with Gasteiger partial charge >= 0.3 is 0 Å². The second kappa shape index (κ2) is 9.15. The fourth-order valence-electron chi connectivity index (χ4n) is 4.27. The summed E-state index contributed by atoms with van der Waals surface area (Å²) in [4.78, 5) is 35.4. The summed E-state index contributed by atoms with van der Waals surface area (Å²) in [7, 11) is 0. The van der Waals surface area contributed by atoms with Gasteiger partial charge in [0, 0.05) is 16.6 Å². The van der Waals surface area contributed by atoms with E-state index in [4.69, 9.17) is 4.52 Å². The molecule has 0 radical (unpaired) electrons. The first-order chi connectivity index (χ1) is 18.1. The highest BCUT2D eigenvalue weighted by molar-refractivity contribution is 6.06. The highest BCUT2D eigenvalue weighted by atomic mass is 19.1. The van der Waals surface area contributed by atoms with Gasteiger partial charge in [-0.2, -0.15) is 4.98 Å². The normalized spacial score (nSPS) is 11.3. The molecule has 0 aliphatic rings. The zero-order chi connectivity index (χ0) is 25.4. The summed E-state index contributed by atoms with van der Waals surface area (Å²) in [5.74, 6) is -0.0966. The third kappa shape index (κ3) is 4.25. The van der Waals surface area contributed by atoms with Crippen molar-refractivity contribution in [2.75, 3.05) is 5.32 Å². The van der Waals surface area contributed by atoms with Gasteiger partial charge in [-0.25, -0.2) is 9.37 Å². The average Bonchev–Trinajstić information content (AvgIpc) is 3.51. The van der Waals surface area contributed by atoms with Crippen LogP contribution in [0.15, 0.2) is 94.5 Å². The number of amides is 1. The lowest BCUT2D eigenvalue weighted by Crippen LogP contribution is -2.25. The van der Waals surface area contributed by atoms with Gasteiger partial charge in [0.1, 0.15) is 29.9 Å². The number of hydrogen-bond acceptors (Lipinski definition) is 6. The molecule has 3 heterocycles. The molecule has 0 saturated carbocycles. The monoisotopic (exact) mass is 494 g/mol. The Morgan fingerprint density at radius 2 is 1.73 bits per heavy atom. The molecule has 0 saturated heterocycles. The van der Waals surface area contributed by atoms with Gasteiger partial charge in [0.25, 0.3) is 5.56 Å². The van der Waals surface area contributed by atoms with Crippen LogP contribution < -0.4 is 10.9 Å². The largest absolute Gasteiger partial charge is 0.337 e. The van der Waals surface area contributed by atoms with E-state index in [1.165, 1.54) is 35.2 Å². The average molecular weight is 494 g/mol. The summed E-state index contributed by atoms with van der Waals surface area (Å²) in [5.41, 5.74) is 2.36. The minimum atomic E-state index is -0.399.